The molecule has 0 saturated carbocycles. The van der Waals surface area contributed by atoms with E-state index in [-0.39, 0.29) is 18.4 Å². The van der Waals surface area contributed by atoms with Crippen LogP contribution in [0.15, 0.2) is 18.2 Å². The molecule has 1 atom stereocenters. The Hall–Kier alpha value is -0.770. The molecule has 0 bridgehead atoms. The van der Waals surface area contributed by atoms with Gasteiger partial charge in [-0.3, -0.25) is 0 Å². The first-order chi connectivity index (χ1) is 7.19. The SMILES string of the molecule is CC[C@@H](CO)NCc1c(O)cccc1Cl. The van der Waals surface area contributed by atoms with Gasteiger partial charge in [0.1, 0.15) is 5.75 Å². The van der Waals surface area contributed by atoms with Crippen LogP contribution in [0.4, 0.5) is 0 Å². The maximum Gasteiger partial charge on any atom is 0.121 e. The number of nitrogens with one attached hydrogen (secondary N) is 1. The number of hydrogen-bond acceptors (Lipinski definition) is 3. The number of phenols is 1. The lowest BCUT2D eigenvalue weighted by atomic mass is 10.1. The molecular weight excluding hydrogens is 214 g/mol. The van der Waals surface area contributed by atoms with E-state index in [0.717, 1.165) is 6.42 Å². The summed E-state index contributed by atoms with van der Waals surface area (Å²) >= 11 is 5.94. The third-order valence-corrected chi connectivity index (χ3v) is 2.73. The summed E-state index contributed by atoms with van der Waals surface area (Å²) in [6, 6.07) is 5.08. The molecule has 0 aliphatic rings. The number of rotatable bonds is 5. The standard InChI is InChI=1S/C11H16ClNO2/c1-2-8(7-14)13-6-9-10(12)4-3-5-11(9)15/h3-5,8,13-15H,2,6-7H2,1H3/t8-/m0/s1. The molecule has 0 aromatic heterocycles. The van der Waals surface area contributed by atoms with Crippen LogP contribution in [0, 0.1) is 0 Å². The molecule has 1 aromatic rings. The monoisotopic (exact) mass is 229 g/mol. The highest BCUT2D eigenvalue weighted by molar-refractivity contribution is 6.31. The van der Waals surface area contributed by atoms with E-state index in [1.165, 1.54) is 0 Å². The minimum atomic E-state index is 0.0423. The molecule has 0 heterocycles. The van der Waals surface area contributed by atoms with Crippen molar-refractivity contribution in [2.45, 2.75) is 25.9 Å². The lowest BCUT2D eigenvalue weighted by Gasteiger charge is -2.15. The largest absolute Gasteiger partial charge is 0.508 e. The van der Waals surface area contributed by atoms with Gasteiger partial charge in [-0.05, 0) is 18.6 Å². The molecule has 0 aliphatic heterocycles. The first-order valence-electron chi connectivity index (χ1n) is 4.99. The van der Waals surface area contributed by atoms with E-state index in [9.17, 15) is 5.11 Å². The fourth-order valence-electron chi connectivity index (χ4n) is 1.31. The normalized spacial score (nSPS) is 12.7. The topological polar surface area (TPSA) is 52.5 Å². The Bertz CT molecular complexity index is 293. The zero-order valence-corrected chi connectivity index (χ0v) is 9.46. The summed E-state index contributed by atoms with van der Waals surface area (Å²) in [6.07, 6.45) is 0.835. The molecule has 0 amide bonds. The lowest BCUT2D eigenvalue weighted by Crippen LogP contribution is -2.31. The predicted octanol–water partition coefficient (Wildman–Crippen LogP) is 1.91. The van der Waals surface area contributed by atoms with Gasteiger partial charge in [0.2, 0.25) is 0 Å². The predicted molar refractivity (Wildman–Crippen MR) is 61.1 cm³/mol. The Labute approximate surface area is 94.7 Å². The molecule has 0 aliphatic carbocycles. The molecule has 3 N–H and O–H groups in total. The van der Waals surface area contributed by atoms with E-state index in [1.54, 1.807) is 18.2 Å². The van der Waals surface area contributed by atoms with E-state index >= 15 is 0 Å². The number of aliphatic hydroxyl groups is 1. The molecule has 0 fully saturated rings. The van der Waals surface area contributed by atoms with Gasteiger partial charge in [-0.1, -0.05) is 24.6 Å². The van der Waals surface area contributed by atoms with Crippen molar-refractivity contribution in [2.75, 3.05) is 6.61 Å². The summed E-state index contributed by atoms with van der Waals surface area (Å²) in [4.78, 5) is 0. The average molecular weight is 230 g/mol. The highest BCUT2D eigenvalue weighted by atomic mass is 35.5. The molecule has 1 aromatic carbocycles. The average Bonchev–Trinajstić information content (AvgIpc) is 2.23. The van der Waals surface area contributed by atoms with E-state index in [1.807, 2.05) is 6.92 Å². The summed E-state index contributed by atoms with van der Waals surface area (Å²) in [6.45, 7) is 2.53. The minimum absolute atomic E-state index is 0.0423. The number of halogens is 1. The Morgan fingerprint density at radius 3 is 2.73 bits per heavy atom. The van der Waals surface area contributed by atoms with Crippen molar-refractivity contribution < 1.29 is 10.2 Å². The molecule has 84 valence electrons. The van der Waals surface area contributed by atoms with E-state index in [4.69, 9.17) is 16.7 Å². The van der Waals surface area contributed by atoms with Crippen LogP contribution in [-0.4, -0.2) is 22.9 Å². The van der Waals surface area contributed by atoms with Gasteiger partial charge in [0.25, 0.3) is 0 Å². The molecule has 4 heteroatoms. The molecule has 0 radical (unpaired) electrons. The van der Waals surface area contributed by atoms with Crippen LogP contribution in [0.2, 0.25) is 5.02 Å². The van der Waals surface area contributed by atoms with Crippen molar-refractivity contribution in [3.8, 4) is 5.75 Å². The van der Waals surface area contributed by atoms with Gasteiger partial charge >= 0.3 is 0 Å². The Morgan fingerprint density at radius 1 is 1.47 bits per heavy atom. The maximum absolute atomic E-state index is 9.56. The fourth-order valence-corrected chi connectivity index (χ4v) is 1.54. The molecule has 3 nitrogen and oxygen atoms in total. The number of benzene rings is 1. The van der Waals surface area contributed by atoms with Gasteiger partial charge < -0.3 is 15.5 Å². The summed E-state index contributed by atoms with van der Waals surface area (Å²) in [5, 5.41) is 22.2. The molecule has 0 saturated heterocycles. The maximum atomic E-state index is 9.56. The van der Waals surface area contributed by atoms with Crippen molar-refractivity contribution in [1.82, 2.24) is 5.32 Å². The minimum Gasteiger partial charge on any atom is -0.508 e. The summed E-state index contributed by atoms with van der Waals surface area (Å²) in [5.74, 6) is 0.183. The lowest BCUT2D eigenvalue weighted by molar-refractivity contribution is 0.238. The van der Waals surface area contributed by atoms with Crippen molar-refractivity contribution >= 4 is 11.6 Å². The second-order valence-corrected chi connectivity index (χ2v) is 3.81. The summed E-state index contributed by atoms with van der Waals surface area (Å²) in [7, 11) is 0. The molecular formula is C11H16ClNO2. The highest BCUT2D eigenvalue weighted by Gasteiger charge is 2.08. The fraction of sp³-hybridized carbons (Fsp3) is 0.455. The van der Waals surface area contributed by atoms with Gasteiger partial charge in [0.05, 0.1) is 6.61 Å². The first-order valence-corrected chi connectivity index (χ1v) is 5.37. The zero-order chi connectivity index (χ0) is 11.3. The molecule has 0 unspecified atom stereocenters. The van der Waals surface area contributed by atoms with Crippen molar-refractivity contribution in [2.24, 2.45) is 0 Å². The van der Waals surface area contributed by atoms with Crippen LogP contribution in [0.5, 0.6) is 5.75 Å². The zero-order valence-electron chi connectivity index (χ0n) is 8.70. The number of aromatic hydroxyl groups is 1. The highest BCUT2D eigenvalue weighted by Crippen LogP contribution is 2.24. The quantitative estimate of drug-likeness (QED) is 0.723. The van der Waals surface area contributed by atoms with Crippen LogP contribution >= 0.6 is 11.6 Å². The third-order valence-electron chi connectivity index (χ3n) is 2.37. The van der Waals surface area contributed by atoms with Gasteiger partial charge in [0, 0.05) is 23.2 Å². The number of phenolic OH excluding ortho intramolecular Hbond substituents is 1. The number of aliphatic hydroxyl groups excluding tert-OH is 1. The van der Waals surface area contributed by atoms with Crippen LogP contribution in [0.1, 0.15) is 18.9 Å². The molecule has 0 spiro atoms. The summed E-state index contributed by atoms with van der Waals surface area (Å²) < 4.78 is 0. The molecule has 15 heavy (non-hydrogen) atoms. The Kier molecular flexibility index (Phi) is 4.88. The van der Waals surface area contributed by atoms with Gasteiger partial charge in [0.15, 0.2) is 0 Å². The number of hydrogen-bond donors (Lipinski definition) is 3. The second-order valence-electron chi connectivity index (χ2n) is 3.41. The van der Waals surface area contributed by atoms with Crippen LogP contribution in [-0.2, 0) is 6.54 Å². The van der Waals surface area contributed by atoms with Crippen LogP contribution in [0.3, 0.4) is 0 Å². The van der Waals surface area contributed by atoms with Gasteiger partial charge in [-0.15, -0.1) is 0 Å². The first kappa shape index (κ1) is 12.3. The Balaban J connectivity index is 2.64. The summed E-state index contributed by atoms with van der Waals surface area (Å²) in [5.41, 5.74) is 0.672. The second kappa shape index (κ2) is 5.95. The van der Waals surface area contributed by atoms with E-state index in [0.29, 0.717) is 17.1 Å². The van der Waals surface area contributed by atoms with Crippen molar-refractivity contribution in [3.05, 3.63) is 28.8 Å². The van der Waals surface area contributed by atoms with Gasteiger partial charge in [-0.2, -0.15) is 0 Å². The smallest absolute Gasteiger partial charge is 0.121 e. The van der Waals surface area contributed by atoms with Crippen molar-refractivity contribution in [1.29, 1.82) is 0 Å². The Morgan fingerprint density at radius 2 is 2.20 bits per heavy atom. The van der Waals surface area contributed by atoms with Crippen molar-refractivity contribution in [3.63, 3.8) is 0 Å². The van der Waals surface area contributed by atoms with Crippen LogP contribution < -0.4 is 5.32 Å². The van der Waals surface area contributed by atoms with Crippen LogP contribution in [0.25, 0.3) is 0 Å². The van der Waals surface area contributed by atoms with E-state index in [2.05, 4.69) is 5.32 Å². The van der Waals surface area contributed by atoms with Gasteiger partial charge in [-0.25, -0.2) is 0 Å². The molecule has 1 rings (SSSR count). The van der Waals surface area contributed by atoms with E-state index < -0.39 is 0 Å². The third kappa shape index (κ3) is 3.38.